The van der Waals surface area contributed by atoms with Gasteiger partial charge in [0, 0.05) is 45.4 Å². The quantitative estimate of drug-likeness (QED) is 0.565. The van der Waals surface area contributed by atoms with Gasteiger partial charge in [0.25, 0.3) is 0 Å². The number of aromatic nitrogens is 3. The lowest BCUT2D eigenvalue weighted by Gasteiger charge is -2.34. The molecule has 0 aliphatic carbocycles. The second-order valence-corrected chi connectivity index (χ2v) is 7.69. The van der Waals surface area contributed by atoms with Crippen molar-refractivity contribution < 1.29 is 9.47 Å². The van der Waals surface area contributed by atoms with E-state index in [0.717, 1.165) is 76.0 Å². The summed E-state index contributed by atoms with van der Waals surface area (Å²) < 4.78 is 13.8. The van der Waals surface area contributed by atoms with Crippen molar-refractivity contribution in [2.75, 3.05) is 39.4 Å². The van der Waals surface area contributed by atoms with Crippen molar-refractivity contribution in [3.63, 3.8) is 0 Å². The van der Waals surface area contributed by atoms with Gasteiger partial charge in [0.15, 0.2) is 11.6 Å². The Balaban J connectivity index is 1.27. The third-order valence-corrected chi connectivity index (χ3v) is 5.60. The zero-order valence-corrected chi connectivity index (χ0v) is 17.3. The lowest BCUT2D eigenvalue weighted by Crippen LogP contribution is -2.47. The van der Waals surface area contributed by atoms with Gasteiger partial charge in [0.1, 0.15) is 5.82 Å². The lowest BCUT2D eigenvalue weighted by atomic mass is 10.1. The molecule has 1 atom stereocenters. The van der Waals surface area contributed by atoms with E-state index in [2.05, 4.69) is 27.3 Å². The minimum absolute atomic E-state index is 0.306. The van der Waals surface area contributed by atoms with E-state index in [1.54, 1.807) is 0 Å². The fourth-order valence-electron chi connectivity index (χ4n) is 4.00. The molecule has 0 aromatic carbocycles. The number of rotatable bonds is 7. The van der Waals surface area contributed by atoms with Gasteiger partial charge in [-0.15, -0.1) is 10.2 Å². The van der Waals surface area contributed by atoms with Crippen molar-refractivity contribution in [3.05, 3.63) is 30.2 Å². The first kappa shape index (κ1) is 20.1. The van der Waals surface area contributed by atoms with Gasteiger partial charge >= 0.3 is 0 Å². The molecule has 2 fully saturated rings. The first-order chi connectivity index (χ1) is 14.3. The van der Waals surface area contributed by atoms with Crippen LogP contribution in [0.5, 0.6) is 0 Å². The molecule has 1 N–H and O–H groups in total. The van der Waals surface area contributed by atoms with E-state index in [9.17, 15) is 0 Å². The molecule has 4 rings (SSSR count). The predicted molar refractivity (Wildman–Crippen MR) is 112 cm³/mol. The third kappa shape index (κ3) is 5.25. The minimum Gasteiger partial charge on any atom is -0.376 e. The number of fused-ring (bicyclic) bond motifs is 1. The number of pyridine rings is 1. The molecule has 0 radical (unpaired) electrons. The van der Waals surface area contributed by atoms with Crippen LogP contribution in [-0.2, 0) is 15.9 Å². The number of hydrogen-bond donors (Lipinski definition) is 1. The van der Waals surface area contributed by atoms with Crippen LogP contribution in [0.4, 0.5) is 0 Å². The summed E-state index contributed by atoms with van der Waals surface area (Å²) >= 11 is 0. The first-order valence-electron chi connectivity index (χ1n) is 10.9. The van der Waals surface area contributed by atoms with Crippen molar-refractivity contribution in [1.29, 1.82) is 0 Å². The van der Waals surface area contributed by atoms with Gasteiger partial charge in [-0.3, -0.25) is 9.39 Å². The summed E-state index contributed by atoms with van der Waals surface area (Å²) in [4.78, 5) is 7.19. The maximum atomic E-state index is 6.10. The average Bonchev–Trinajstić information content (AvgIpc) is 3.42. The molecule has 8 heteroatoms. The zero-order valence-electron chi connectivity index (χ0n) is 17.3. The normalized spacial score (nSPS) is 21.2. The van der Waals surface area contributed by atoms with E-state index in [0.29, 0.717) is 18.8 Å². The van der Waals surface area contributed by atoms with Gasteiger partial charge in [-0.25, -0.2) is 0 Å². The van der Waals surface area contributed by atoms with Crippen LogP contribution in [0.2, 0.25) is 0 Å². The highest BCUT2D eigenvalue weighted by atomic mass is 16.5. The van der Waals surface area contributed by atoms with E-state index >= 15 is 0 Å². The van der Waals surface area contributed by atoms with Crippen LogP contribution >= 0.6 is 0 Å². The Labute approximate surface area is 172 Å². The maximum Gasteiger partial charge on any atom is 0.193 e. The molecule has 2 aliphatic rings. The van der Waals surface area contributed by atoms with E-state index < -0.39 is 0 Å². The van der Waals surface area contributed by atoms with Crippen molar-refractivity contribution in [1.82, 2.24) is 24.8 Å². The summed E-state index contributed by atoms with van der Waals surface area (Å²) in [6.07, 6.45) is 7.78. The van der Waals surface area contributed by atoms with Gasteiger partial charge in [-0.05, 0) is 44.7 Å². The van der Waals surface area contributed by atoms with Crippen LogP contribution < -0.4 is 5.32 Å². The Morgan fingerprint density at radius 3 is 2.97 bits per heavy atom. The summed E-state index contributed by atoms with van der Waals surface area (Å²) in [5.74, 6) is 1.93. The predicted octanol–water partition coefficient (Wildman–Crippen LogP) is 1.90. The third-order valence-electron chi connectivity index (χ3n) is 5.60. The van der Waals surface area contributed by atoms with Crippen LogP contribution in [-0.4, -0.2) is 77.1 Å². The first-order valence-corrected chi connectivity index (χ1v) is 10.9. The van der Waals surface area contributed by atoms with Crippen molar-refractivity contribution in [2.45, 2.75) is 51.2 Å². The van der Waals surface area contributed by atoms with Gasteiger partial charge in [0.05, 0.1) is 18.8 Å². The van der Waals surface area contributed by atoms with Crippen LogP contribution in [0.1, 0.15) is 38.4 Å². The van der Waals surface area contributed by atoms with Gasteiger partial charge in [-0.1, -0.05) is 6.07 Å². The molecule has 8 nitrogen and oxygen atoms in total. The van der Waals surface area contributed by atoms with Crippen LogP contribution in [0.15, 0.2) is 29.4 Å². The van der Waals surface area contributed by atoms with Crippen LogP contribution in [0.25, 0.3) is 5.65 Å². The Hall–Kier alpha value is -2.19. The molecule has 0 amide bonds. The van der Waals surface area contributed by atoms with E-state index in [4.69, 9.17) is 14.5 Å². The molecule has 158 valence electrons. The molecule has 0 bridgehead atoms. The standard InChI is InChI=1S/C21H32N6O2/c1-2-22-21(23-11-8-20-25-24-19-7-3-4-12-27(19)20)26-13-9-17(10-14-26)29-16-18-6-5-15-28-18/h3-4,7,12,17-18H,2,5-6,8-11,13-16H2,1H3,(H,22,23). The van der Waals surface area contributed by atoms with E-state index in [-0.39, 0.29) is 0 Å². The fraction of sp³-hybridized carbons (Fsp3) is 0.667. The number of piperidine rings is 1. The monoisotopic (exact) mass is 400 g/mol. The molecule has 2 aliphatic heterocycles. The highest BCUT2D eigenvalue weighted by Gasteiger charge is 2.24. The molecule has 2 aromatic rings. The summed E-state index contributed by atoms with van der Waals surface area (Å²) in [6.45, 7) is 7.23. The van der Waals surface area contributed by atoms with E-state index in [1.807, 2.05) is 28.8 Å². The Kier molecular flexibility index (Phi) is 6.95. The van der Waals surface area contributed by atoms with Crippen LogP contribution in [0.3, 0.4) is 0 Å². The smallest absolute Gasteiger partial charge is 0.193 e. The van der Waals surface area contributed by atoms with Gasteiger partial charge in [-0.2, -0.15) is 0 Å². The van der Waals surface area contributed by atoms with Crippen molar-refractivity contribution in [2.24, 2.45) is 4.99 Å². The molecular formula is C21H32N6O2. The van der Waals surface area contributed by atoms with Crippen molar-refractivity contribution >= 4 is 11.6 Å². The number of hydrogen-bond acceptors (Lipinski definition) is 5. The molecule has 4 heterocycles. The summed E-state index contributed by atoms with van der Waals surface area (Å²) in [5.41, 5.74) is 0.878. The molecule has 0 saturated carbocycles. The highest BCUT2D eigenvalue weighted by molar-refractivity contribution is 5.80. The SMILES string of the molecule is CCNC(=NCCc1nnc2ccccn12)N1CCC(OCC2CCCO2)CC1. The molecule has 2 aromatic heterocycles. The Morgan fingerprint density at radius 1 is 1.28 bits per heavy atom. The largest absolute Gasteiger partial charge is 0.376 e. The second-order valence-electron chi connectivity index (χ2n) is 7.69. The number of likely N-dealkylation sites (tertiary alicyclic amines) is 1. The molecule has 0 spiro atoms. The minimum atomic E-state index is 0.306. The highest BCUT2D eigenvalue weighted by Crippen LogP contribution is 2.18. The molecule has 1 unspecified atom stereocenters. The number of aliphatic imine (C=N–C) groups is 1. The van der Waals surface area contributed by atoms with Gasteiger partial charge in [0.2, 0.25) is 0 Å². The molecular weight excluding hydrogens is 368 g/mol. The summed E-state index contributed by atoms with van der Waals surface area (Å²) in [7, 11) is 0. The number of guanidine groups is 1. The number of ether oxygens (including phenoxy) is 2. The van der Waals surface area contributed by atoms with Crippen LogP contribution in [0, 0.1) is 0 Å². The molecule has 2 saturated heterocycles. The second kappa shape index (κ2) is 10.0. The topological polar surface area (TPSA) is 76.3 Å². The van der Waals surface area contributed by atoms with E-state index in [1.165, 1.54) is 6.42 Å². The fourth-order valence-corrected chi connectivity index (χ4v) is 4.00. The number of nitrogens with zero attached hydrogens (tertiary/aromatic N) is 5. The average molecular weight is 401 g/mol. The Morgan fingerprint density at radius 2 is 2.17 bits per heavy atom. The lowest BCUT2D eigenvalue weighted by molar-refractivity contribution is -0.0367. The zero-order chi connectivity index (χ0) is 19.9. The van der Waals surface area contributed by atoms with Crippen molar-refractivity contribution in [3.8, 4) is 0 Å². The summed E-state index contributed by atoms with van der Waals surface area (Å²) in [6, 6.07) is 5.94. The maximum absolute atomic E-state index is 6.10. The number of nitrogens with one attached hydrogen (secondary N) is 1. The van der Waals surface area contributed by atoms with Gasteiger partial charge < -0.3 is 19.7 Å². The Bertz CT molecular complexity index is 793. The summed E-state index contributed by atoms with van der Waals surface area (Å²) in [5, 5.41) is 11.9. The molecule has 29 heavy (non-hydrogen) atoms.